The number of phenols is 1. The first-order valence-electron chi connectivity index (χ1n) is 12.6. The number of nitrogen functional groups attached to an aromatic ring is 4. The molecule has 0 radical (unpaired) electrons. The highest BCUT2D eigenvalue weighted by Gasteiger charge is 2.21. The van der Waals surface area contributed by atoms with Gasteiger partial charge in [-0.3, -0.25) is 4.79 Å². The molecule has 11 N–H and O–H groups in total. The predicted molar refractivity (Wildman–Crippen MR) is 181 cm³/mol. The van der Waals surface area contributed by atoms with Crippen LogP contribution in [0.15, 0.2) is 88.0 Å². The Hall–Kier alpha value is -3.85. The van der Waals surface area contributed by atoms with Crippen molar-refractivity contribution in [2.45, 2.75) is 41.5 Å². The normalized spacial score (nSPS) is 12.4. The van der Waals surface area contributed by atoms with Crippen LogP contribution in [0.5, 0.6) is 5.75 Å². The number of anilines is 4. The maximum Gasteiger partial charge on any atom is 0.202 e. The zero-order valence-corrected chi connectivity index (χ0v) is 26.5. The number of Topliss-reactive ketones (excluding diaryl/α,β-unsaturated/α-hetero) is 1. The summed E-state index contributed by atoms with van der Waals surface area (Å²) in [5.41, 5.74) is 32.7. The molecular weight excluding hydrogens is 583 g/mol. The summed E-state index contributed by atoms with van der Waals surface area (Å²) in [5.74, 6) is -0.188. The quantitative estimate of drug-likeness (QED) is 0.120. The maximum absolute atomic E-state index is 11.6. The largest absolute Gasteiger partial charge is 0.506 e. The molecular formula is C30H41Cl3N6O2. The second-order valence-corrected chi connectivity index (χ2v) is 8.53. The smallest absolute Gasteiger partial charge is 0.202 e. The fraction of sp³-hybridized carbons (Fsp3) is 0.200. The van der Waals surface area contributed by atoms with Gasteiger partial charge in [0, 0.05) is 22.6 Å². The minimum atomic E-state index is -0.259. The lowest BCUT2D eigenvalue weighted by Gasteiger charge is -2.12. The lowest BCUT2D eigenvalue weighted by Crippen LogP contribution is -2.20. The lowest BCUT2D eigenvalue weighted by atomic mass is 10.0. The zero-order chi connectivity index (χ0) is 31.0. The number of hydrogen-bond donors (Lipinski definition) is 6. The van der Waals surface area contributed by atoms with E-state index in [0.29, 0.717) is 28.3 Å². The molecule has 41 heavy (non-hydrogen) atoms. The number of halogens is 3. The average Bonchev–Trinajstić information content (AvgIpc) is 2.97. The van der Waals surface area contributed by atoms with Crippen LogP contribution in [0.3, 0.4) is 0 Å². The lowest BCUT2D eigenvalue weighted by molar-refractivity contribution is -0.111. The second kappa shape index (κ2) is 20.1. The van der Waals surface area contributed by atoms with Crippen LogP contribution in [-0.2, 0) is 4.79 Å². The molecule has 0 aliphatic heterocycles. The summed E-state index contributed by atoms with van der Waals surface area (Å²) < 4.78 is 0. The van der Waals surface area contributed by atoms with Gasteiger partial charge in [0.2, 0.25) is 5.78 Å². The molecule has 0 bridgehead atoms. The highest BCUT2D eigenvalue weighted by atomic mass is 35.5. The van der Waals surface area contributed by atoms with Crippen molar-refractivity contribution in [3.05, 3.63) is 93.6 Å². The van der Waals surface area contributed by atoms with Crippen LogP contribution in [0.1, 0.15) is 40.2 Å². The van der Waals surface area contributed by atoms with Gasteiger partial charge in [0.05, 0.1) is 22.8 Å². The molecule has 1 aliphatic rings. The van der Waals surface area contributed by atoms with Crippen LogP contribution in [0.2, 0.25) is 5.02 Å². The standard InChI is InChI=1S/C13H12ClN3O.C7H8ClNO.C6H8N2.2C2H6.ClH/c1-7-6-10(12(16)11(14)13(7)18)17-9-4-2-8(15)3-5-9;1-4-2-3-5(9)6(8)7(4)10;7-5-1-2-6(8)4-3-5;2*1-2;/h2-6H,15-16H2,1H3;2-3,10H,9H2,1H3;1-4H,7-8H2;2*1-2H3;1H. The van der Waals surface area contributed by atoms with E-state index in [-0.39, 0.29) is 39.7 Å². The van der Waals surface area contributed by atoms with Crippen molar-refractivity contribution in [3.63, 3.8) is 0 Å². The summed E-state index contributed by atoms with van der Waals surface area (Å²) in [4.78, 5) is 15.9. The molecule has 0 saturated carbocycles. The zero-order valence-electron chi connectivity index (χ0n) is 24.2. The van der Waals surface area contributed by atoms with E-state index < -0.39 is 0 Å². The number of benzene rings is 3. The highest BCUT2D eigenvalue weighted by molar-refractivity contribution is 6.49. The Balaban J connectivity index is 0. The minimum absolute atomic E-state index is 0. The second-order valence-electron chi connectivity index (χ2n) is 7.77. The first-order valence-corrected chi connectivity index (χ1v) is 13.3. The van der Waals surface area contributed by atoms with Gasteiger partial charge in [-0.25, -0.2) is 4.99 Å². The number of rotatable bonds is 1. The summed E-state index contributed by atoms with van der Waals surface area (Å²) in [6, 6.07) is 17.5. The molecule has 0 fully saturated rings. The molecule has 4 rings (SSSR count). The van der Waals surface area contributed by atoms with Gasteiger partial charge in [-0.2, -0.15) is 0 Å². The van der Waals surface area contributed by atoms with E-state index in [1.807, 2.05) is 27.7 Å². The number of allylic oxidation sites excluding steroid dienone is 3. The van der Waals surface area contributed by atoms with Crippen LogP contribution in [-0.4, -0.2) is 16.6 Å². The third kappa shape index (κ3) is 12.9. The van der Waals surface area contributed by atoms with Crippen molar-refractivity contribution in [1.82, 2.24) is 0 Å². The number of nitrogens with two attached hydrogens (primary N) is 5. The van der Waals surface area contributed by atoms with E-state index >= 15 is 0 Å². The van der Waals surface area contributed by atoms with Gasteiger partial charge in [0.15, 0.2) is 0 Å². The summed E-state index contributed by atoms with van der Waals surface area (Å²) >= 11 is 11.5. The summed E-state index contributed by atoms with van der Waals surface area (Å²) in [5, 5.41) is 9.43. The number of aliphatic imine (C=N–C) groups is 1. The Morgan fingerprint density at radius 1 is 0.707 bits per heavy atom. The van der Waals surface area contributed by atoms with Crippen molar-refractivity contribution in [2.75, 3.05) is 22.9 Å². The summed E-state index contributed by atoms with van der Waals surface area (Å²) in [6.07, 6.45) is 1.62. The van der Waals surface area contributed by atoms with Crippen molar-refractivity contribution in [2.24, 2.45) is 10.7 Å². The van der Waals surface area contributed by atoms with E-state index in [9.17, 15) is 9.90 Å². The number of carbonyl (C=O) groups excluding carboxylic acids is 1. The fourth-order valence-corrected chi connectivity index (χ4v) is 3.17. The van der Waals surface area contributed by atoms with Crippen LogP contribution in [0.4, 0.5) is 28.4 Å². The van der Waals surface area contributed by atoms with Crippen LogP contribution in [0, 0.1) is 6.92 Å². The molecule has 0 atom stereocenters. The molecule has 0 amide bonds. The number of hydrogen-bond acceptors (Lipinski definition) is 8. The fourth-order valence-electron chi connectivity index (χ4n) is 2.71. The van der Waals surface area contributed by atoms with Crippen LogP contribution < -0.4 is 28.7 Å². The van der Waals surface area contributed by atoms with Gasteiger partial charge >= 0.3 is 0 Å². The number of carbonyl (C=O) groups is 1. The van der Waals surface area contributed by atoms with Gasteiger partial charge in [-0.15, -0.1) is 12.4 Å². The Bertz CT molecular complexity index is 1290. The number of aromatic hydroxyl groups is 1. The molecule has 0 saturated heterocycles. The van der Waals surface area contributed by atoms with Crippen LogP contribution >= 0.6 is 35.6 Å². The topological polar surface area (TPSA) is 180 Å². The molecule has 0 unspecified atom stereocenters. The Labute approximate surface area is 259 Å². The molecule has 0 heterocycles. The number of ketones is 1. The number of nitrogens with zero attached hydrogens (tertiary/aromatic N) is 1. The molecule has 0 aromatic heterocycles. The van der Waals surface area contributed by atoms with Crippen molar-refractivity contribution < 1.29 is 9.90 Å². The first kappa shape index (κ1) is 39.3. The van der Waals surface area contributed by atoms with Crippen molar-refractivity contribution in [3.8, 4) is 5.75 Å². The van der Waals surface area contributed by atoms with E-state index in [1.54, 1.807) is 80.6 Å². The SMILES string of the molecule is CC.CC.CC1=CC(=Nc2ccc(N)cc2)C(N)=C(Cl)C1=O.Cc1ccc(N)c(Cl)c1O.Cl.Nc1ccc(N)cc1. The third-order valence-corrected chi connectivity index (χ3v) is 5.62. The minimum Gasteiger partial charge on any atom is -0.506 e. The van der Waals surface area contributed by atoms with E-state index in [0.717, 1.165) is 16.9 Å². The highest BCUT2D eigenvalue weighted by Crippen LogP contribution is 2.31. The van der Waals surface area contributed by atoms with Crippen molar-refractivity contribution >= 4 is 75.5 Å². The third-order valence-electron chi connectivity index (χ3n) is 4.85. The van der Waals surface area contributed by atoms with E-state index in [4.69, 9.17) is 51.9 Å². The van der Waals surface area contributed by atoms with Gasteiger partial charge in [0.25, 0.3) is 0 Å². The molecule has 11 heteroatoms. The monoisotopic (exact) mass is 622 g/mol. The van der Waals surface area contributed by atoms with Gasteiger partial charge in [-0.1, -0.05) is 57.0 Å². The molecule has 3 aromatic rings. The van der Waals surface area contributed by atoms with E-state index in [2.05, 4.69) is 4.99 Å². The Morgan fingerprint density at radius 3 is 1.54 bits per heavy atom. The van der Waals surface area contributed by atoms with E-state index in [1.165, 1.54) is 0 Å². The Kier molecular flexibility index (Phi) is 19.3. The van der Waals surface area contributed by atoms with Crippen LogP contribution in [0.25, 0.3) is 0 Å². The van der Waals surface area contributed by atoms with Gasteiger partial charge in [0.1, 0.15) is 15.8 Å². The molecule has 1 aliphatic carbocycles. The number of phenolic OH excluding ortho intramolecular Hbond substituents is 1. The Morgan fingerprint density at radius 2 is 1.12 bits per heavy atom. The predicted octanol–water partition coefficient (Wildman–Crippen LogP) is 7.54. The molecule has 224 valence electrons. The number of aryl methyl sites for hydroxylation is 1. The molecule has 0 spiro atoms. The maximum atomic E-state index is 11.6. The summed E-state index contributed by atoms with van der Waals surface area (Å²) in [7, 11) is 0. The molecule has 3 aromatic carbocycles. The average molecular weight is 624 g/mol. The van der Waals surface area contributed by atoms with Crippen molar-refractivity contribution in [1.29, 1.82) is 0 Å². The summed E-state index contributed by atoms with van der Waals surface area (Å²) in [6.45, 7) is 11.4. The first-order chi connectivity index (χ1) is 18.9. The molecule has 8 nitrogen and oxygen atoms in total. The van der Waals surface area contributed by atoms with Gasteiger partial charge < -0.3 is 33.8 Å². The van der Waals surface area contributed by atoms with Gasteiger partial charge in [-0.05, 0) is 80.1 Å².